The average Bonchev–Trinajstić information content (AvgIpc) is 2.62. The molecule has 6 atom stereocenters. The number of Topliss-reactive ketones (excluding diaryl/α,β-unsaturated/α-hetero) is 1. The van der Waals surface area contributed by atoms with E-state index in [-0.39, 0.29) is 34.0 Å². The van der Waals surface area contributed by atoms with Crippen molar-refractivity contribution in [2.45, 2.75) is 110 Å². The maximum absolute atomic E-state index is 13.3. The van der Waals surface area contributed by atoms with Crippen LogP contribution in [0, 0.1) is 28.6 Å². The van der Waals surface area contributed by atoms with Gasteiger partial charge in [-0.2, -0.15) is 0 Å². The van der Waals surface area contributed by atoms with Gasteiger partial charge in [0, 0.05) is 11.8 Å². The first kappa shape index (κ1) is 25.1. The monoisotopic (exact) mass is 450 g/mol. The molecule has 0 aliphatic heterocycles. The number of hydrogen-bond acceptors (Lipinski definition) is 4. The van der Waals surface area contributed by atoms with Gasteiger partial charge in [0.2, 0.25) is 0 Å². The van der Waals surface area contributed by atoms with Gasteiger partial charge in [-0.15, -0.1) is 0 Å². The van der Waals surface area contributed by atoms with E-state index in [1.54, 1.807) is 0 Å². The molecule has 2 N–H and O–H groups in total. The number of aliphatic hydroxyl groups is 2. The number of ketones is 1. The third kappa shape index (κ3) is 3.72. The smallest absolute Gasteiger partial charge is 0.192 e. The lowest BCUT2D eigenvalue weighted by atomic mass is 9.40. The van der Waals surface area contributed by atoms with Crippen LogP contribution in [-0.4, -0.2) is 42.6 Å². The van der Waals surface area contributed by atoms with Crippen molar-refractivity contribution in [2.24, 2.45) is 28.6 Å². The van der Waals surface area contributed by atoms with E-state index in [1.807, 2.05) is 6.08 Å². The number of rotatable bonds is 3. The Morgan fingerprint density at radius 3 is 2.39 bits per heavy atom. The second-order valence-electron chi connectivity index (χ2n) is 13.1. The lowest BCUT2D eigenvalue weighted by molar-refractivity contribution is -0.287. The summed E-state index contributed by atoms with van der Waals surface area (Å²) >= 11 is 0. The zero-order valence-electron chi connectivity index (χ0n) is 21.3. The zero-order valence-corrected chi connectivity index (χ0v) is 22.3. The molecule has 0 radical (unpaired) electrons. The highest BCUT2D eigenvalue weighted by Gasteiger charge is 2.69. The Balaban J connectivity index is 1.87. The van der Waals surface area contributed by atoms with Gasteiger partial charge in [0.25, 0.3) is 0 Å². The summed E-state index contributed by atoms with van der Waals surface area (Å²) in [6.45, 7) is 20.1. The fourth-order valence-corrected chi connectivity index (χ4v) is 7.94. The van der Waals surface area contributed by atoms with Gasteiger partial charge in [0.1, 0.15) is 5.60 Å². The summed E-state index contributed by atoms with van der Waals surface area (Å²) in [5.41, 5.74) is -1.07. The molecule has 0 heterocycles. The molecule has 0 saturated heterocycles. The number of aliphatic hydroxyl groups excluding tert-OH is 1. The molecule has 3 fully saturated rings. The quantitative estimate of drug-likeness (QED) is 0.441. The van der Waals surface area contributed by atoms with Crippen molar-refractivity contribution in [2.75, 3.05) is 6.61 Å². The molecule has 3 saturated carbocycles. The van der Waals surface area contributed by atoms with Crippen molar-refractivity contribution in [3.8, 4) is 0 Å². The largest absolute Gasteiger partial charge is 0.413 e. The molecule has 0 unspecified atom stereocenters. The Morgan fingerprint density at radius 2 is 1.81 bits per heavy atom. The Labute approximate surface area is 191 Å². The first-order chi connectivity index (χ1) is 14.0. The Bertz CT molecular complexity index is 749. The maximum Gasteiger partial charge on any atom is 0.192 e. The number of carbonyl (C=O) groups excluding carboxylic acids is 1. The molecule has 4 nitrogen and oxygen atoms in total. The Morgan fingerprint density at radius 1 is 1.19 bits per heavy atom. The van der Waals surface area contributed by atoms with Crippen LogP contribution in [0.5, 0.6) is 0 Å². The summed E-state index contributed by atoms with van der Waals surface area (Å²) in [6.07, 6.45) is 5.12. The molecular formula is C26H46O4Si. The molecule has 3 aliphatic carbocycles. The molecule has 5 heteroatoms. The van der Waals surface area contributed by atoms with Gasteiger partial charge >= 0.3 is 0 Å². The third-order valence-electron chi connectivity index (χ3n) is 10.1. The van der Waals surface area contributed by atoms with Crippen molar-refractivity contribution in [3.63, 3.8) is 0 Å². The molecule has 0 amide bonds. The number of fused-ring (bicyclic) bond motifs is 3. The zero-order chi connectivity index (χ0) is 23.6. The summed E-state index contributed by atoms with van der Waals surface area (Å²) in [5.74, 6) is 0.610. The predicted octanol–water partition coefficient (Wildman–Crippen LogP) is 5.49. The van der Waals surface area contributed by atoms with Gasteiger partial charge in [0.15, 0.2) is 14.1 Å². The molecule has 3 rings (SSSR count). The minimum atomic E-state index is -1.87. The van der Waals surface area contributed by atoms with Crippen molar-refractivity contribution in [1.82, 2.24) is 0 Å². The molecule has 31 heavy (non-hydrogen) atoms. The Kier molecular flexibility index (Phi) is 6.31. The normalized spacial score (nSPS) is 42.3. The highest BCUT2D eigenvalue weighted by molar-refractivity contribution is 6.74. The second kappa shape index (κ2) is 7.78. The van der Waals surface area contributed by atoms with Crippen molar-refractivity contribution in [3.05, 3.63) is 11.6 Å². The summed E-state index contributed by atoms with van der Waals surface area (Å²) < 4.78 is 6.32. The molecule has 0 bridgehead atoms. The van der Waals surface area contributed by atoms with E-state index in [2.05, 4.69) is 61.6 Å². The first-order valence-corrected chi connectivity index (χ1v) is 15.2. The van der Waals surface area contributed by atoms with E-state index in [0.29, 0.717) is 19.4 Å². The molecule has 0 aromatic heterocycles. The van der Waals surface area contributed by atoms with Gasteiger partial charge in [-0.1, -0.05) is 61.0 Å². The average molecular weight is 451 g/mol. The van der Waals surface area contributed by atoms with Gasteiger partial charge < -0.3 is 14.6 Å². The van der Waals surface area contributed by atoms with Gasteiger partial charge in [-0.05, 0) is 66.1 Å². The topological polar surface area (TPSA) is 66.8 Å². The minimum Gasteiger partial charge on any atom is -0.413 e. The summed E-state index contributed by atoms with van der Waals surface area (Å²) in [5, 5.41) is 23.3. The highest BCUT2D eigenvalue weighted by atomic mass is 28.4. The maximum atomic E-state index is 13.3. The summed E-state index contributed by atoms with van der Waals surface area (Å²) in [7, 11) is -1.87. The Hall–Kier alpha value is -0.493. The van der Waals surface area contributed by atoms with E-state index in [9.17, 15) is 15.0 Å². The first-order valence-electron chi connectivity index (χ1n) is 12.3. The van der Waals surface area contributed by atoms with Crippen LogP contribution in [0.3, 0.4) is 0 Å². The van der Waals surface area contributed by atoms with Crippen LogP contribution < -0.4 is 0 Å². The number of allylic oxidation sites excluding steroid dienone is 1. The van der Waals surface area contributed by atoms with E-state index < -0.39 is 25.4 Å². The lowest BCUT2D eigenvalue weighted by Crippen LogP contribution is -2.72. The number of hydrogen-bond donors (Lipinski definition) is 2. The van der Waals surface area contributed by atoms with Crippen molar-refractivity contribution >= 4 is 14.1 Å². The van der Waals surface area contributed by atoms with E-state index in [1.165, 1.54) is 0 Å². The van der Waals surface area contributed by atoms with Gasteiger partial charge in [0.05, 0.1) is 12.7 Å². The minimum absolute atomic E-state index is 0.0790. The molecule has 0 aromatic carbocycles. The van der Waals surface area contributed by atoms with Crippen molar-refractivity contribution < 1.29 is 19.4 Å². The van der Waals surface area contributed by atoms with Crippen LogP contribution in [0.4, 0.5) is 0 Å². The highest BCUT2D eigenvalue weighted by Crippen LogP contribution is 2.66. The second-order valence-corrected chi connectivity index (χ2v) is 17.9. The standard InChI is InChI=1S/C26H46O4Si/c1-17-18(11-14-30-31(8,9)23(2,3)4)21(27)16-20-19(17)15-22(28)26(29)24(5,6)12-10-13-25(20,26)7/h11,17,19-20,22,28-29H,10,12-16H2,1-9H3/b18-11-/t17-,19-,20-,22+,25+,26+/m0/s1. The fourth-order valence-electron chi connectivity index (χ4n) is 7.00. The van der Waals surface area contributed by atoms with Crippen LogP contribution in [0.25, 0.3) is 0 Å². The molecule has 0 spiro atoms. The fraction of sp³-hybridized carbons (Fsp3) is 0.885. The van der Waals surface area contributed by atoms with Gasteiger partial charge in [-0.3, -0.25) is 4.79 Å². The molecule has 178 valence electrons. The summed E-state index contributed by atoms with van der Waals surface area (Å²) in [6, 6.07) is 0. The van der Waals surface area contributed by atoms with E-state index >= 15 is 0 Å². The van der Waals surface area contributed by atoms with Crippen molar-refractivity contribution in [1.29, 1.82) is 0 Å². The lowest BCUT2D eigenvalue weighted by Gasteiger charge is -2.67. The number of carbonyl (C=O) groups is 1. The SMILES string of the molecule is C[C@H]1/C(=C/CO[Si](C)(C)C(C)(C)C)C(=O)C[C@H]2[C@H]1C[C@@H](O)[C@@]1(O)C(C)(C)CCC[C@]21C. The molecule has 3 aliphatic rings. The van der Waals surface area contributed by atoms with Crippen LogP contribution in [0.1, 0.15) is 80.6 Å². The van der Waals surface area contributed by atoms with E-state index in [0.717, 1.165) is 24.8 Å². The third-order valence-corrected chi connectivity index (χ3v) is 14.6. The van der Waals surface area contributed by atoms with Gasteiger partial charge in [-0.25, -0.2) is 0 Å². The van der Waals surface area contributed by atoms with Crippen LogP contribution in [-0.2, 0) is 9.22 Å². The van der Waals surface area contributed by atoms with Crippen LogP contribution in [0.15, 0.2) is 11.6 Å². The molecule has 0 aromatic rings. The van der Waals surface area contributed by atoms with E-state index in [4.69, 9.17) is 4.43 Å². The molecular weight excluding hydrogens is 404 g/mol. The van der Waals surface area contributed by atoms with Crippen LogP contribution >= 0.6 is 0 Å². The summed E-state index contributed by atoms with van der Waals surface area (Å²) in [4.78, 5) is 13.3. The van der Waals surface area contributed by atoms with Crippen LogP contribution in [0.2, 0.25) is 18.1 Å². The predicted molar refractivity (Wildman–Crippen MR) is 128 cm³/mol.